The average molecular weight is 399 g/mol. The van der Waals surface area contributed by atoms with Gasteiger partial charge in [0.15, 0.2) is 6.61 Å². The zero-order chi connectivity index (χ0) is 21.0. The molecule has 3 aromatic carbocycles. The number of esters is 1. The summed E-state index contributed by atoms with van der Waals surface area (Å²) >= 11 is 0. The first-order valence-electron chi connectivity index (χ1n) is 9.96. The van der Waals surface area contributed by atoms with Crippen LogP contribution in [0.4, 0.5) is 0 Å². The van der Waals surface area contributed by atoms with Gasteiger partial charge in [-0.05, 0) is 29.2 Å². The first-order valence-corrected chi connectivity index (χ1v) is 9.96. The first-order chi connectivity index (χ1) is 14.7. The smallest absolute Gasteiger partial charge is 0.331 e. The molecule has 0 aliphatic rings. The molecule has 0 fully saturated rings. The third-order valence-electron chi connectivity index (χ3n) is 4.63. The van der Waals surface area contributed by atoms with E-state index in [4.69, 9.17) is 4.74 Å². The van der Waals surface area contributed by atoms with E-state index >= 15 is 0 Å². The van der Waals surface area contributed by atoms with Crippen molar-refractivity contribution in [2.24, 2.45) is 0 Å². The van der Waals surface area contributed by atoms with Crippen molar-refractivity contribution in [1.82, 2.24) is 4.90 Å². The molecule has 0 aliphatic heterocycles. The van der Waals surface area contributed by atoms with Gasteiger partial charge >= 0.3 is 5.97 Å². The molecule has 0 aliphatic carbocycles. The Hall–Kier alpha value is -3.66. The van der Waals surface area contributed by atoms with E-state index in [0.717, 1.165) is 23.1 Å². The third-order valence-corrected chi connectivity index (χ3v) is 4.63. The van der Waals surface area contributed by atoms with Gasteiger partial charge in [0.1, 0.15) is 0 Å². The minimum atomic E-state index is -0.532. The van der Waals surface area contributed by atoms with Crippen LogP contribution in [-0.4, -0.2) is 29.9 Å². The number of carbonyl (C=O) groups is 2. The average Bonchev–Trinajstić information content (AvgIpc) is 2.81. The van der Waals surface area contributed by atoms with Gasteiger partial charge in [0, 0.05) is 19.2 Å². The molecule has 30 heavy (non-hydrogen) atoms. The Morgan fingerprint density at radius 1 is 0.767 bits per heavy atom. The van der Waals surface area contributed by atoms with Crippen LogP contribution in [0.15, 0.2) is 97.1 Å². The van der Waals surface area contributed by atoms with Crippen molar-refractivity contribution in [1.29, 1.82) is 0 Å². The largest absolute Gasteiger partial charge is 0.452 e. The Kier molecular flexibility index (Phi) is 7.98. The predicted octanol–water partition coefficient (Wildman–Crippen LogP) is 4.51. The van der Waals surface area contributed by atoms with E-state index in [2.05, 4.69) is 0 Å². The summed E-state index contributed by atoms with van der Waals surface area (Å²) in [5.74, 6) is -0.744. The fourth-order valence-electron chi connectivity index (χ4n) is 3.01. The number of hydrogen-bond acceptors (Lipinski definition) is 3. The monoisotopic (exact) mass is 399 g/mol. The summed E-state index contributed by atoms with van der Waals surface area (Å²) in [7, 11) is 0. The number of ether oxygens (including phenoxy) is 1. The Bertz CT molecular complexity index is 953. The van der Waals surface area contributed by atoms with Crippen molar-refractivity contribution in [3.63, 3.8) is 0 Å². The summed E-state index contributed by atoms with van der Waals surface area (Å²) in [6, 6.07) is 29.3. The van der Waals surface area contributed by atoms with E-state index < -0.39 is 5.97 Å². The van der Waals surface area contributed by atoms with Gasteiger partial charge in [-0.15, -0.1) is 0 Å². The van der Waals surface area contributed by atoms with Crippen LogP contribution < -0.4 is 0 Å². The van der Waals surface area contributed by atoms with Gasteiger partial charge in [-0.25, -0.2) is 4.79 Å². The van der Waals surface area contributed by atoms with Crippen molar-refractivity contribution >= 4 is 18.0 Å². The molecule has 0 unspecified atom stereocenters. The number of rotatable bonds is 9. The van der Waals surface area contributed by atoms with Crippen LogP contribution in [0.2, 0.25) is 0 Å². The molecule has 4 nitrogen and oxygen atoms in total. The number of nitrogens with zero attached hydrogens (tertiary/aromatic N) is 1. The maximum atomic E-state index is 12.8. The second-order valence-corrected chi connectivity index (χ2v) is 6.89. The number of hydrogen-bond donors (Lipinski definition) is 0. The molecule has 3 rings (SSSR count). The van der Waals surface area contributed by atoms with E-state index in [1.807, 2.05) is 91.0 Å². The Morgan fingerprint density at radius 2 is 1.33 bits per heavy atom. The van der Waals surface area contributed by atoms with Crippen LogP contribution >= 0.6 is 0 Å². The zero-order valence-electron chi connectivity index (χ0n) is 16.8. The molecule has 0 saturated carbocycles. The highest BCUT2D eigenvalue weighted by Gasteiger charge is 2.16. The molecule has 0 atom stereocenters. The molecule has 0 N–H and O–H groups in total. The van der Waals surface area contributed by atoms with E-state index in [9.17, 15) is 9.59 Å². The molecule has 0 spiro atoms. The molecule has 0 radical (unpaired) electrons. The van der Waals surface area contributed by atoms with Gasteiger partial charge in [0.2, 0.25) is 0 Å². The summed E-state index contributed by atoms with van der Waals surface area (Å²) < 4.78 is 5.18. The molecule has 3 aromatic rings. The number of carbonyl (C=O) groups excluding carboxylic acids is 2. The van der Waals surface area contributed by atoms with Crippen LogP contribution in [0, 0.1) is 0 Å². The lowest BCUT2D eigenvalue weighted by Gasteiger charge is -2.23. The van der Waals surface area contributed by atoms with E-state index in [-0.39, 0.29) is 12.5 Å². The van der Waals surface area contributed by atoms with Crippen molar-refractivity contribution in [3.8, 4) is 0 Å². The van der Waals surface area contributed by atoms with Crippen molar-refractivity contribution < 1.29 is 14.3 Å². The Morgan fingerprint density at radius 3 is 1.97 bits per heavy atom. The van der Waals surface area contributed by atoms with Gasteiger partial charge in [-0.1, -0.05) is 91.0 Å². The zero-order valence-corrected chi connectivity index (χ0v) is 16.8. The minimum Gasteiger partial charge on any atom is -0.452 e. The molecule has 0 aromatic heterocycles. The predicted molar refractivity (Wildman–Crippen MR) is 118 cm³/mol. The van der Waals surface area contributed by atoms with Gasteiger partial charge in [-0.2, -0.15) is 0 Å². The molecular formula is C26H25NO3. The minimum absolute atomic E-state index is 0.212. The fourth-order valence-corrected chi connectivity index (χ4v) is 3.01. The maximum absolute atomic E-state index is 12.8. The fraction of sp³-hybridized carbons (Fsp3) is 0.154. The topological polar surface area (TPSA) is 46.6 Å². The van der Waals surface area contributed by atoms with Crippen LogP contribution in [0.25, 0.3) is 6.08 Å². The standard InChI is InChI=1S/C26H25NO3/c28-25(21-30-26(29)17-16-22-10-4-1-5-11-22)27(20-24-14-8-3-9-15-24)19-18-23-12-6-2-7-13-23/h1-17H,18-21H2/b17-16+. The van der Waals surface area contributed by atoms with Gasteiger partial charge in [0.25, 0.3) is 5.91 Å². The lowest BCUT2D eigenvalue weighted by molar-refractivity contribution is -0.148. The highest BCUT2D eigenvalue weighted by molar-refractivity contribution is 5.89. The highest BCUT2D eigenvalue weighted by atomic mass is 16.5. The van der Waals surface area contributed by atoms with Crippen molar-refractivity contribution in [2.45, 2.75) is 13.0 Å². The van der Waals surface area contributed by atoms with Gasteiger partial charge < -0.3 is 9.64 Å². The lowest BCUT2D eigenvalue weighted by atomic mass is 10.1. The van der Waals surface area contributed by atoms with Crippen LogP contribution in [-0.2, 0) is 27.3 Å². The van der Waals surface area contributed by atoms with Crippen LogP contribution in [0.1, 0.15) is 16.7 Å². The van der Waals surface area contributed by atoms with Crippen LogP contribution in [0.3, 0.4) is 0 Å². The Balaban J connectivity index is 1.57. The molecule has 0 bridgehead atoms. The summed E-state index contributed by atoms with van der Waals surface area (Å²) in [5.41, 5.74) is 3.09. The second kappa shape index (κ2) is 11.4. The molecule has 1 amide bonds. The summed E-state index contributed by atoms with van der Waals surface area (Å²) in [5, 5.41) is 0. The molecule has 152 valence electrons. The third kappa shape index (κ3) is 7.06. The normalized spacial score (nSPS) is 10.7. The molecule has 0 saturated heterocycles. The Labute approximate surface area is 177 Å². The van der Waals surface area contributed by atoms with Gasteiger partial charge in [-0.3, -0.25) is 4.79 Å². The maximum Gasteiger partial charge on any atom is 0.331 e. The molecular weight excluding hydrogens is 374 g/mol. The first kappa shape index (κ1) is 21.1. The van der Waals surface area contributed by atoms with E-state index in [1.165, 1.54) is 6.08 Å². The molecule has 4 heteroatoms. The highest BCUT2D eigenvalue weighted by Crippen LogP contribution is 2.08. The SMILES string of the molecule is O=C(/C=C/c1ccccc1)OCC(=O)N(CCc1ccccc1)Cc1ccccc1. The van der Waals surface area contributed by atoms with Crippen LogP contribution in [0.5, 0.6) is 0 Å². The summed E-state index contributed by atoms with van der Waals surface area (Å²) in [6.45, 7) is 0.749. The van der Waals surface area contributed by atoms with Gasteiger partial charge in [0.05, 0.1) is 0 Å². The number of benzene rings is 3. The second-order valence-electron chi connectivity index (χ2n) is 6.89. The molecule has 0 heterocycles. The van der Waals surface area contributed by atoms with E-state index in [1.54, 1.807) is 11.0 Å². The van der Waals surface area contributed by atoms with Crippen molar-refractivity contribution in [2.75, 3.05) is 13.2 Å². The summed E-state index contributed by atoms with van der Waals surface area (Å²) in [6.07, 6.45) is 3.75. The quantitative estimate of drug-likeness (QED) is 0.393. The summed E-state index contributed by atoms with van der Waals surface area (Å²) in [4.78, 5) is 26.5. The van der Waals surface area contributed by atoms with Crippen molar-refractivity contribution in [3.05, 3.63) is 114 Å². The lowest BCUT2D eigenvalue weighted by Crippen LogP contribution is -2.35. The van der Waals surface area contributed by atoms with E-state index in [0.29, 0.717) is 13.1 Å². The number of amides is 1.